The molecule has 0 saturated carbocycles. The summed E-state index contributed by atoms with van der Waals surface area (Å²) in [5, 5.41) is 4.37. The third kappa shape index (κ3) is 2.89. The van der Waals surface area contributed by atoms with Gasteiger partial charge in [0.25, 0.3) is 0 Å². The minimum atomic E-state index is 0.237. The molecule has 0 radical (unpaired) electrons. The number of benzene rings is 1. The number of aromatic nitrogens is 1. The van der Waals surface area contributed by atoms with Crippen LogP contribution in [0.4, 0.5) is 0 Å². The fraction of sp³-hybridized carbons (Fsp3) is 0.353. The van der Waals surface area contributed by atoms with Gasteiger partial charge in [-0.3, -0.25) is 4.98 Å². The summed E-state index contributed by atoms with van der Waals surface area (Å²) < 4.78 is 10.7. The highest BCUT2D eigenvalue weighted by atomic mass is 35.5. The van der Waals surface area contributed by atoms with Crippen molar-refractivity contribution in [2.24, 2.45) is 0 Å². The fourth-order valence-electron chi connectivity index (χ4n) is 2.89. The van der Waals surface area contributed by atoms with Crippen LogP contribution in [-0.4, -0.2) is 19.2 Å². The minimum absolute atomic E-state index is 0.237. The molecule has 3 rings (SSSR count). The zero-order valence-electron chi connectivity index (χ0n) is 12.7. The maximum Gasteiger partial charge on any atom is 0.127 e. The van der Waals surface area contributed by atoms with Crippen molar-refractivity contribution >= 4 is 11.6 Å². The second kappa shape index (κ2) is 6.55. The van der Waals surface area contributed by atoms with Gasteiger partial charge in [0.1, 0.15) is 11.5 Å². The molecule has 116 valence electrons. The van der Waals surface area contributed by atoms with Crippen molar-refractivity contribution in [2.45, 2.75) is 25.4 Å². The van der Waals surface area contributed by atoms with Crippen molar-refractivity contribution in [3.05, 3.63) is 52.3 Å². The number of halogens is 1. The molecule has 22 heavy (non-hydrogen) atoms. The highest BCUT2D eigenvalue weighted by Crippen LogP contribution is 2.34. The summed E-state index contributed by atoms with van der Waals surface area (Å²) in [5.74, 6) is 1.62. The van der Waals surface area contributed by atoms with E-state index in [1.54, 1.807) is 20.4 Å². The van der Waals surface area contributed by atoms with Gasteiger partial charge >= 0.3 is 0 Å². The normalized spacial score (nSPS) is 16.4. The molecule has 0 spiro atoms. The Morgan fingerprint density at radius 2 is 2.14 bits per heavy atom. The first-order valence-electron chi connectivity index (χ1n) is 7.30. The number of nitrogens with one attached hydrogen (secondary N) is 1. The Morgan fingerprint density at radius 3 is 2.91 bits per heavy atom. The van der Waals surface area contributed by atoms with Crippen molar-refractivity contribution < 1.29 is 9.47 Å². The first kappa shape index (κ1) is 15.1. The van der Waals surface area contributed by atoms with Gasteiger partial charge in [-0.05, 0) is 30.5 Å². The lowest BCUT2D eigenvalue weighted by Gasteiger charge is -2.15. The van der Waals surface area contributed by atoms with Crippen LogP contribution in [0.15, 0.2) is 30.5 Å². The molecule has 0 bridgehead atoms. The molecular weight excluding hydrogens is 300 g/mol. The Bertz CT molecular complexity index is 676. The van der Waals surface area contributed by atoms with Crippen molar-refractivity contribution in [1.29, 1.82) is 0 Å². The molecule has 0 amide bonds. The topological polar surface area (TPSA) is 43.4 Å². The van der Waals surface area contributed by atoms with Crippen molar-refractivity contribution in [3.63, 3.8) is 0 Å². The zero-order valence-corrected chi connectivity index (χ0v) is 13.5. The smallest absolute Gasteiger partial charge is 0.127 e. The molecule has 2 aromatic rings. The lowest BCUT2D eigenvalue weighted by atomic mass is 10.1. The molecule has 1 heterocycles. The average molecular weight is 319 g/mol. The number of nitrogens with zero attached hydrogens (tertiary/aromatic N) is 1. The van der Waals surface area contributed by atoms with E-state index in [0.29, 0.717) is 6.54 Å². The summed E-state index contributed by atoms with van der Waals surface area (Å²) in [6, 6.07) is 7.95. The van der Waals surface area contributed by atoms with E-state index in [1.807, 2.05) is 24.3 Å². The third-order valence-electron chi connectivity index (χ3n) is 4.08. The van der Waals surface area contributed by atoms with Crippen LogP contribution in [0.5, 0.6) is 11.5 Å². The van der Waals surface area contributed by atoms with Crippen LogP contribution in [0.2, 0.25) is 5.02 Å². The first-order chi connectivity index (χ1) is 10.7. The van der Waals surface area contributed by atoms with E-state index in [4.69, 9.17) is 21.1 Å². The van der Waals surface area contributed by atoms with E-state index in [-0.39, 0.29) is 6.04 Å². The van der Waals surface area contributed by atoms with Gasteiger partial charge in [0, 0.05) is 29.4 Å². The second-order valence-electron chi connectivity index (χ2n) is 5.31. The average Bonchev–Trinajstić information content (AvgIpc) is 2.97. The van der Waals surface area contributed by atoms with E-state index in [1.165, 1.54) is 5.56 Å². The van der Waals surface area contributed by atoms with Crippen molar-refractivity contribution in [2.75, 3.05) is 14.2 Å². The number of fused-ring (bicyclic) bond motifs is 1. The predicted octanol–water partition coefficient (Wildman–Crippen LogP) is 3.53. The van der Waals surface area contributed by atoms with Crippen LogP contribution in [-0.2, 0) is 13.0 Å². The number of rotatable bonds is 5. The molecule has 1 aliphatic rings. The maximum atomic E-state index is 6.23. The molecule has 1 unspecified atom stereocenters. The van der Waals surface area contributed by atoms with Crippen LogP contribution in [0.25, 0.3) is 0 Å². The summed E-state index contributed by atoms with van der Waals surface area (Å²) in [6.45, 7) is 0.714. The molecule has 5 heteroatoms. The zero-order chi connectivity index (χ0) is 15.5. The van der Waals surface area contributed by atoms with Gasteiger partial charge < -0.3 is 14.8 Å². The van der Waals surface area contributed by atoms with Gasteiger partial charge in [0.2, 0.25) is 0 Å². The SMILES string of the molecule is COc1ccc(CNC2CCc3c(Cl)ccnc32)c(OC)c1. The highest BCUT2D eigenvalue weighted by Gasteiger charge is 2.25. The van der Waals surface area contributed by atoms with E-state index >= 15 is 0 Å². The Labute approximate surface area is 135 Å². The van der Waals surface area contributed by atoms with E-state index in [9.17, 15) is 0 Å². The standard InChI is InChI=1S/C17H19ClN2O2/c1-21-12-4-3-11(16(9-12)22-2)10-20-15-6-5-13-14(18)7-8-19-17(13)15/h3-4,7-9,15,20H,5-6,10H2,1-2H3. The van der Waals surface area contributed by atoms with Gasteiger partial charge in [-0.25, -0.2) is 0 Å². The fourth-order valence-corrected chi connectivity index (χ4v) is 3.13. The third-order valence-corrected chi connectivity index (χ3v) is 4.43. The monoisotopic (exact) mass is 318 g/mol. The van der Waals surface area contributed by atoms with Crippen LogP contribution < -0.4 is 14.8 Å². The number of ether oxygens (including phenoxy) is 2. The molecule has 0 aliphatic heterocycles. The molecule has 1 aromatic heterocycles. The van der Waals surface area contributed by atoms with E-state index in [0.717, 1.165) is 40.6 Å². The van der Waals surface area contributed by atoms with Gasteiger partial charge in [-0.15, -0.1) is 0 Å². The molecule has 1 aliphatic carbocycles. The first-order valence-corrected chi connectivity index (χ1v) is 7.68. The van der Waals surface area contributed by atoms with Crippen molar-refractivity contribution in [3.8, 4) is 11.5 Å². The Morgan fingerprint density at radius 1 is 1.27 bits per heavy atom. The van der Waals surface area contributed by atoms with E-state index < -0.39 is 0 Å². The molecule has 0 fully saturated rings. The maximum absolute atomic E-state index is 6.23. The lowest BCUT2D eigenvalue weighted by molar-refractivity contribution is 0.388. The minimum Gasteiger partial charge on any atom is -0.497 e. The summed E-state index contributed by atoms with van der Waals surface area (Å²) in [5.41, 5.74) is 3.34. The number of methoxy groups -OCH3 is 2. The quantitative estimate of drug-likeness (QED) is 0.916. The second-order valence-corrected chi connectivity index (χ2v) is 5.71. The van der Waals surface area contributed by atoms with E-state index in [2.05, 4.69) is 10.3 Å². The molecule has 1 N–H and O–H groups in total. The van der Waals surface area contributed by atoms with Crippen LogP contribution >= 0.6 is 11.6 Å². The predicted molar refractivity (Wildman–Crippen MR) is 86.7 cm³/mol. The van der Waals surface area contributed by atoms with Gasteiger partial charge in [0.05, 0.1) is 26.0 Å². The van der Waals surface area contributed by atoms with Crippen molar-refractivity contribution in [1.82, 2.24) is 10.3 Å². The van der Waals surface area contributed by atoms with Crippen LogP contribution in [0.1, 0.15) is 29.3 Å². The summed E-state index contributed by atoms with van der Waals surface area (Å²) in [6.07, 6.45) is 3.76. The lowest BCUT2D eigenvalue weighted by Crippen LogP contribution is -2.19. The molecule has 4 nitrogen and oxygen atoms in total. The van der Waals surface area contributed by atoms with Crippen LogP contribution in [0, 0.1) is 0 Å². The Balaban J connectivity index is 1.73. The van der Waals surface area contributed by atoms with Crippen LogP contribution in [0.3, 0.4) is 0 Å². The summed E-state index contributed by atoms with van der Waals surface area (Å²) in [7, 11) is 3.32. The number of hydrogen-bond acceptors (Lipinski definition) is 4. The molecule has 1 atom stereocenters. The Hall–Kier alpha value is -1.78. The number of hydrogen-bond donors (Lipinski definition) is 1. The largest absolute Gasteiger partial charge is 0.497 e. The highest BCUT2D eigenvalue weighted by molar-refractivity contribution is 6.31. The Kier molecular flexibility index (Phi) is 4.50. The van der Waals surface area contributed by atoms with Gasteiger partial charge in [-0.2, -0.15) is 0 Å². The molecule has 1 aromatic carbocycles. The van der Waals surface area contributed by atoms with Gasteiger partial charge in [0.15, 0.2) is 0 Å². The number of pyridine rings is 1. The van der Waals surface area contributed by atoms with Gasteiger partial charge in [-0.1, -0.05) is 17.7 Å². The molecule has 0 saturated heterocycles. The summed E-state index contributed by atoms with van der Waals surface area (Å²) >= 11 is 6.23. The molecular formula is C17H19ClN2O2. The summed E-state index contributed by atoms with van der Waals surface area (Å²) in [4.78, 5) is 4.49.